The van der Waals surface area contributed by atoms with E-state index in [9.17, 15) is 14.7 Å². The number of phenols is 1. The number of carbonyl (C=O) groups excluding carboxylic acids is 2. The lowest BCUT2D eigenvalue weighted by molar-refractivity contribution is -0.131. The quantitative estimate of drug-likeness (QED) is 0.501. The van der Waals surface area contributed by atoms with Gasteiger partial charge in [-0.15, -0.1) is 0 Å². The number of nitrogens with zero attached hydrogens (tertiary/aromatic N) is 2. The summed E-state index contributed by atoms with van der Waals surface area (Å²) in [5, 5.41) is 9.91. The van der Waals surface area contributed by atoms with Gasteiger partial charge in [-0.2, -0.15) is 0 Å². The van der Waals surface area contributed by atoms with Crippen molar-refractivity contribution in [2.75, 3.05) is 39.8 Å². The lowest BCUT2D eigenvalue weighted by Crippen LogP contribution is -2.46. The summed E-state index contributed by atoms with van der Waals surface area (Å²) >= 11 is 0. The molecule has 0 aromatic heterocycles. The van der Waals surface area contributed by atoms with Gasteiger partial charge in [0.05, 0.1) is 12.1 Å². The van der Waals surface area contributed by atoms with E-state index in [1.54, 1.807) is 0 Å². The van der Waals surface area contributed by atoms with Crippen LogP contribution in [-0.4, -0.2) is 66.4 Å². The highest BCUT2D eigenvalue weighted by molar-refractivity contribution is 6.00. The third-order valence-electron chi connectivity index (χ3n) is 3.49. The van der Waals surface area contributed by atoms with Crippen molar-refractivity contribution in [3.63, 3.8) is 0 Å². The second-order valence-electron chi connectivity index (χ2n) is 5.28. The fourth-order valence-corrected chi connectivity index (χ4v) is 2.27. The molecule has 6 nitrogen and oxygen atoms in total. The molecule has 1 aromatic rings. The van der Waals surface area contributed by atoms with E-state index in [1.165, 1.54) is 25.1 Å². The van der Waals surface area contributed by atoms with Gasteiger partial charge in [-0.05, 0) is 19.2 Å². The minimum absolute atomic E-state index is 0.133. The monoisotopic (exact) mass is 292 g/mol. The van der Waals surface area contributed by atoms with Gasteiger partial charge in [-0.3, -0.25) is 14.5 Å². The molecule has 1 aliphatic rings. The third-order valence-corrected chi connectivity index (χ3v) is 3.49. The Bertz CT molecular complexity index is 536. The number of likely N-dealkylation sites (N-methyl/N-ethyl adjacent to an activating group) is 1. The van der Waals surface area contributed by atoms with Gasteiger partial charge in [0.2, 0.25) is 0 Å². The number of aromatic hydroxyl groups is 1. The topological polar surface area (TPSA) is 70.1 Å². The molecule has 0 atom stereocenters. The molecule has 1 saturated heterocycles. The fourth-order valence-electron chi connectivity index (χ4n) is 2.27. The van der Waals surface area contributed by atoms with Crippen molar-refractivity contribution in [3.05, 3.63) is 23.8 Å². The van der Waals surface area contributed by atoms with Crippen molar-refractivity contribution in [1.82, 2.24) is 9.80 Å². The van der Waals surface area contributed by atoms with Crippen LogP contribution in [0.4, 0.5) is 0 Å². The molecule has 1 N–H and O–H groups in total. The van der Waals surface area contributed by atoms with E-state index in [0.29, 0.717) is 0 Å². The molecule has 1 heterocycles. The average Bonchev–Trinajstić information content (AvgIpc) is 2.40. The Morgan fingerprint density at radius 3 is 2.48 bits per heavy atom. The smallest absolute Gasteiger partial charge is 0.308 e. The summed E-state index contributed by atoms with van der Waals surface area (Å²) < 4.78 is 4.87. The van der Waals surface area contributed by atoms with Crippen molar-refractivity contribution in [1.29, 1.82) is 0 Å². The molecule has 1 aliphatic heterocycles. The first kappa shape index (κ1) is 15.5. The maximum atomic E-state index is 12.2. The molecule has 0 spiro atoms. The van der Waals surface area contributed by atoms with Gasteiger partial charge in [-0.1, -0.05) is 0 Å². The number of phenolic OH excluding ortho intramolecular Hbond substituents is 1. The molecule has 2 rings (SSSR count). The van der Waals surface area contributed by atoms with Crippen molar-refractivity contribution in [2.45, 2.75) is 6.92 Å². The van der Waals surface area contributed by atoms with Gasteiger partial charge in [0, 0.05) is 39.2 Å². The number of rotatable bonds is 4. The summed E-state index contributed by atoms with van der Waals surface area (Å²) in [7, 11) is 2.05. The molecule has 0 aliphatic carbocycles. The van der Waals surface area contributed by atoms with Crippen LogP contribution >= 0.6 is 0 Å². The van der Waals surface area contributed by atoms with E-state index in [4.69, 9.17) is 4.74 Å². The molecule has 1 aromatic carbocycles. The van der Waals surface area contributed by atoms with Crippen LogP contribution in [0.5, 0.6) is 11.5 Å². The van der Waals surface area contributed by atoms with Gasteiger partial charge in [-0.25, -0.2) is 0 Å². The second-order valence-corrected chi connectivity index (χ2v) is 5.28. The predicted molar refractivity (Wildman–Crippen MR) is 77.7 cm³/mol. The van der Waals surface area contributed by atoms with Crippen molar-refractivity contribution in [3.8, 4) is 11.5 Å². The molecular weight excluding hydrogens is 272 g/mol. The van der Waals surface area contributed by atoms with Crippen molar-refractivity contribution >= 4 is 11.8 Å². The van der Waals surface area contributed by atoms with Crippen LogP contribution in [0.3, 0.4) is 0 Å². The molecule has 0 amide bonds. The van der Waals surface area contributed by atoms with Gasteiger partial charge in [0.25, 0.3) is 0 Å². The molecule has 6 heteroatoms. The van der Waals surface area contributed by atoms with Crippen LogP contribution in [0.25, 0.3) is 0 Å². The van der Waals surface area contributed by atoms with Crippen molar-refractivity contribution in [2.24, 2.45) is 0 Å². The summed E-state index contributed by atoms with van der Waals surface area (Å²) in [4.78, 5) is 27.4. The predicted octanol–water partition coefficient (Wildman–Crippen LogP) is 0.748. The number of carbonyl (C=O) groups is 2. The van der Waals surface area contributed by atoms with E-state index in [-0.39, 0.29) is 29.4 Å². The fraction of sp³-hybridized carbons (Fsp3) is 0.467. The Balaban J connectivity index is 2.00. The van der Waals surface area contributed by atoms with Gasteiger partial charge >= 0.3 is 5.97 Å². The van der Waals surface area contributed by atoms with Crippen LogP contribution < -0.4 is 4.74 Å². The largest absolute Gasteiger partial charge is 0.507 e. The van der Waals surface area contributed by atoms with Crippen LogP contribution in [0, 0.1) is 0 Å². The molecule has 0 unspecified atom stereocenters. The Morgan fingerprint density at radius 2 is 1.90 bits per heavy atom. The van der Waals surface area contributed by atoms with Crippen LogP contribution in [0.1, 0.15) is 17.3 Å². The van der Waals surface area contributed by atoms with Gasteiger partial charge in [0.15, 0.2) is 5.78 Å². The Morgan fingerprint density at radius 1 is 1.24 bits per heavy atom. The Hall–Kier alpha value is -1.92. The number of esters is 1. The lowest BCUT2D eigenvalue weighted by atomic mass is 10.1. The highest BCUT2D eigenvalue weighted by atomic mass is 16.5. The number of ether oxygens (including phenoxy) is 1. The van der Waals surface area contributed by atoms with Crippen LogP contribution in [0.2, 0.25) is 0 Å². The summed E-state index contributed by atoms with van der Waals surface area (Å²) in [6.07, 6.45) is 0. The number of piperazine rings is 1. The normalized spacial score (nSPS) is 16.7. The molecule has 0 saturated carbocycles. The summed E-state index contributed by atoms with van der Waals surface area (Å²) in [5.74, 6) is -0.527. The van der Waals surface area contributed by atoms with Gasteiger partial charge < -0.3 is 14.7 Å². The van der Waals surface area contributed by atoms with Crippen LogP contribution in [-0.2, 0) is 4.79 Å². The minimum Gasteiger partial charge on any atom is -0.507 e. The zero-order chi connectivity index (χ0) is 15.4. The third kappa shape index (κ3) is 4.27. The standard InChI is InChI=1S/C15H20N2O4/c1-11(18)21-12-3-4-13(14(19)9-12)15(20)10-17-7-5-16(2)6-8-17/h3-4,9,19H,5-8,10H2,1-2H3. The van der Waals surface area contributed by atoms with E-state index >= 15 is 0 Å². The number of benzene rings is 1. The van der Waals surface area contributed by atoms with E-state index in [2.05, 4.69) is 16.8 Å². The molecule has 21 heavy (non-hydrogen) atoms. The summed E-state index contributed by atoms with van der Waals surface area (Å²) in [6.45, 7) is 5.12. The number of hydrogen-bond acceptors (Lipinski definition) is 6. The first-order valence-electron chi connectivity index (χ1n) is 6.91. The summed E-state index contributed by atoms with van der Waals surface area (Å²) in [5.41, 5.74) is 0.254. The first-order chi connectivity index (χ1) is 9.95. The maximum absolute atomic E-state index is 12.2. The van der Waals surface area contributed by atoms with E-state index in [0.717, 1.165) is 26.2 Å². The Labute approximate surface area is 123 Å². The second kappa shape index (κ2) is 6.69. The molecule has 1 fully saturated rings. The number of Topliss-reactive ketones (excluding diaryl/α,β-unsaturated/α-hetero) is 1. The molecule has 114 valence electrons. The van der Waals surface area contributed by atoms with E-state index < -0.39 is 5.97 Å². The number of ketones is 1. The first-order valence-corrected chi connectivity index (χ1v) is 6.91. The highest BCUT2D eigenvalue weighted by Crippen LogP contribution is 2.24. The number of hydrogen-bond donors (Lipinski definition) is 1. The highest BCUT2D eigenvalue weighted by Gasteiger charge is 2.19. The van der Waals surface area contributed by atoms with Crippen LogP contribution in [0.15, 0.2) is 18.2 Å². The maximum Gasteiger partial charge on any atom is 0.308 e. The zero-order valence-electron chi connectivity index (χ0n) is 12.3. The lowest BCUT2D eigenvalue weighted by Gasteiger charge is -2.31. The minimum atomic E-state index is -0.467. The Kier molecular flexibility index (Phi) is 4.93. The summed E-state index contributed by atoms with van der Waals surface area (Å²) in [6, 6.07) is 4.29. The average molecular weight is 292 g/mol. The molecule has 0 bridgehead atoms. The molecular formula is C15H20N2O4. The molecule has 0 radical (unpaired) electrons. The van der Waals surface area contributed by atoms with Gasteiger partial charge in [0.1, 0.15) is 11.5 Å². The zero-order valence-corrected chi connectivity index (χ0v) is 12.3. The van der Waals surface area contributed by atoms with Crippen molar-refractivity contribution < 1.29 is 19.4 Å². The van der Waals surface area contributed by atoms with E-state index in [1.807, 2.05) is 0 Å². The SMILES string of the molecule is CC(=O)Oc1ccc(C(=O)CN2CCN(C)CC2)c(O)c1.